The zero-order chi connectivity index (χ0) is 15.4. The van der Waals surface area contributed by atoms with Crippen LogP contribution in [-0.2, 0) is 4.74 Å². The molecule has 5 nitrogen and oxygen atoms in total. The number of thioether (sulfide) groups is 1. The Bertz CT molecular complexity index is 493. The van der Waals surface area contributed by atoms with Crippen molar-refractivity contribution in [2.24, 2.45) is 0 Å². The number of carbonyl (C=O) groups excluding carboxylic acids is 1. The summed E-state index contributed by atoms with van der Waals surface area (Å²) in [5, 5.41) is 0. The van der Waals surface area contributed by atoms with Gasteiger partial charge in [-0.3, -0.25) is 9.69 Å². The van der Waals surface area contributed by atoms with E-state index in [1.165, 1.54) is 0 Å². The standard InChI is InChI=1S/C16H25N3O2S/c1-13-10-17-11-15(13)16(20)19(14-2-9-22-12-14)4-3-18-5-7-21-8-6-18/h10-11,14,17H,2-9,12H2,1H3. The van der Waals surface area contributed by atoms with Gasteiger partial charge in [-0.25, -0.2) is 0 Å². The predicted octanol–water partition coefficient (Wildman–Crippen LogP) is 1.60. The molecule has 0 radical (unpaired) electrons. The Morgan fingerprint density at radius 2 is 2.27 bits per heavy atom. The molecule has 0 bridgehead atoms. The molecule has 1 amide bonds. The Balaban J connectivity index is 1.66. The lowest BCUT2D eigenvalue weighted by molar-refractivity contribution is 0.0303. The van der Waals surface area contributed by atoms with Crippen molar-refractivity contribution in [3.8, 4) is 0 Å². The number of rotatable bonds is 5. The van der Waals surface area contributed by atoms with Crippen LogP contribution in [0.5, 0.6) is 0 Å². The molecule has 2 saturated heterocycles. The summed E-state index contributed by atoms with van der Waals surface area (Å²) in [6.07, 6.45) is 4.85. The molecule has 1 N–H and O–H groups in total. The maximum absolute atomic E-state index is 12.9. The van der Waals surface area contributed by atoms with Gasteiger partial charge in [0.05, 0.1) is 18.8 Å². The number of aryl methyl sites for hydroxylation is 1. The third kappa shape index (κ3) is 3.67. The summed E-state index contributed by atoms with van der Waals surface area (Å²) in [6.45, 7) is 7.32. The third-order valence-corrected chi connectivity index (χ3v) is 5.70. The largest absolute Gasteiger partial charge is 0.379 e. The first-order valence-electron chi connectivity index (χ1n) is 8.08. The van der Waals surface area contributed by atoms with Gasteiger partial charge < -0.3 is 14.6 Å². The summed E-state index contributed by atoms with van der Waals surface area (Å²) in [6, 6.07) is 0.382. The number of carbonyl (C=O) groups is 1. The van der Waals surface area contributed by atoms with E-state index < -0.39 is 0 Å². The average Bonchev–Trinajstić information content (AvgIpc) is 3.20. The Labute approximate surface area is 136 Å². The number of amides is 1. The van der Waals surface area contributed by atoms with E-state index in [1.54, 1.807) is 0 Å². The minimum absolute atomic E-state index is 0.180. The van der Waals surface area contributed by atoms with Gasteiger partial charge in [0.15, 0.2) is 0 Å². The molecule has 22 heavy (non-hydrogen) atoms. The smallest absolute Gasteiger partial charge is 0.255 e. The average molecular weight is 323 g/mol. The molecule has 2 aliphatic heterocycles. The van der Waals surface area contributed by atoms with Gasteiger partial charge in [0.1, 0.15) is 0 Å². The topological polar surface area (TPSA) is 48.6 Å². The van der Waals surface area contributed by atoms with Gasteiger partial charge in [-0.1, -0.05) is 0 Å². The van der Waals surface area contributed by atoms with Gasteiger partial charge in [-0.05, 0) is 24.7 Å². The summed E-state index contributed by atoms with van der Waals surface area (Å²) in [7, 11) is 0. The first-order valence-corrected chi connectivity index (χ1v) is 9.23. The van der Waals surface area contributed by atoms with Crippen LogP contribution in [0.15, 0.2) is 12.4 Å². The number of ether oxygens (including phenoxy) is 1. The van der Waals surface area contributed by atoms with Crippen molar-refractivity contribution >= 4 is 17.7 Å². The molecule has 1 aromatic rings. The molecule has 0 saturated carbocycles. The maximum atomic E-state index is 12.9. The van der Waals surface area contributed by atoms with Crippen molar-refractivity contribution in [1.82, 2.24) is 14.8 Å². The molecule has 3 rings (SSSR count). The number of nitrogens with zero attached hydrogens (tertiary/aromatic N) is 2. The molecule has 2 fully saturated rings. The van der Waals surface area contributed by atoms with Gasteiger partial charge in [0, 0.05) is 50.4 Å². The van der Waals surface area contributed by atoms with E-state index in [-0.39, 0.29) is 5.91 Å². The first kappa shape index (κ1) is 15.9. The molecule has 122 valence electrons. The van der Waals surface area contributed by atoms with Crippen molar-refractivity contribution in [3.63, 3.8) is 0 Å². The molecule has 0 spiro atoms. The predicted molar refractivity (Wildman–Crippen MR) is 89.6 cm³/mol. The molecule has 0 aromatic carbocycles. The van der Waals surface area contributed by atoms with Crippen LogP contribution in [-0.4, -0.2) is 77.6 Å². The van der Waals surface area contributed by atoms with Crippen LogP contribution >= 0.6 is 11.8 Å². The molecular formula is C16H25N3O2S. The highest BCUT2D eigenvalue weighted by molar-refractivity contribution is 7.99. The lowest BCUT2D eigenvalue weighted by Gasteiger charge is -2.33. The fraction of sp³-hybridized carbons (Fsp3) is 0.688. The fourth-order valence-electron chi connectivity index (χ4n) is 3.12. The number of morpholine rings is 1. The molecule has 3 heterocycles. The maximum Gasteiger partial charge on any atom is 0.255 e. The summed E-state index contributed by atoms with van der Waals surface area (Å²) in [5.74, 6) is 2.41. The Morgan fingerprint density at radius 1 is 1.45 bits per heavy atom. The van der Waals surface area contributed by atoms with Crippen molar-refractivity contribution in [2.75, 3.05) is 50.9 Å². The van der Waals surface area contributed by atoms with Crippen LogP contribution in [0, 0.1) is 6.92 Å². The number of H-pyrrole nitrogens is 1. The van der Waals surface area contributed by atoms with E-state index in [9.17, 15) is 4.79 Å². The van der Waals surface area contributed by atoms with Gasteiger partial charge in [-0.15, -0.1) is 0 Å². The number of nitrogens with one attached hydrogen (secondary N) is 1. The summed E-state index contributed by atoms with van der Waals surface area (Å²) in [4.78, 5) is 20.5. The second-order valence-corrected chi connectivity index (χ2v) is 7.17. The number of aromatic amines is 1. The number of aromatic nitrogens is 1. The molecule has 2 aliphatic rings. The molecule has 1 unspecified atom stereocenters. The van der Waals surface area contributed by atoms with E-state index in [0.29, 0.717) is 6.04 Å². The quantitative estimate of drug-likeness (QED) is 0.894. The molecular weight excluding hydrogens is 298 g/mol. The van der Waals surface area contributed by atoms with Gasteiger partial charge in [-0.2, -0.15) is 11.8 Å². The number of hydrogen-bond donors (Lipinski definition) is 1. The third-order valence-electron chi connectivity index (χ3n) is 4.55. The monoisotopic (exact) mass is 323 g/mol. The van der Waals surface area contributed by atoms with E-state index in [2.05, 4.69) is 14.8 Å². The van der Waals surface area contributed by atoms with Crippen molar-refractivity contribution in [1.29, 1.82) is 0 Å². The molecule has 1 atom stereocenters. The van der Waals surface area contributed by atoms with Crippen LogP contribution in [0.4, 0.5) is 0 Å². The van der Waals surface area contributed by atoms with Crippen molar-refractivity contribution < 1.29 is 9.53 Å². The van der Waals surface area contributed by atoms with E-state index in [4.69, 9.17) is 4.74 Å². The summed E-state index contributed by atoms with van der Waals surface area (Å²) in [5.41, 5.74) is 1.85. The second-order valence-electron chi connectivity index (χ2n) is 6.02. The van der Waals surface area contributed by atoms with Crippen molar-refractivity contribution in [2.45, 2.75) is 19.4 Å². The zero-order valence-electron chi connectivity index (χ0n) is 13.2. The molecule has 1 aromatic heterocycles. The number of hydrogen-bond acceptors (Lipinski definition) is 4. The SMILES string of the molecule is Cc1c[nH]cc1C(=O)N(CCN1CCOCC1)C1CCSC1. The van der Waals surface area contributed by atoms with Gasteiger partial charge in [0.2, 0.25) is 0 Å². The van der Waals surface area contributed by atoms with Gasteiger partial charge >= 0.3 is 0 Å². The summed E-state index contributed by atoms with van der Waals surface area (Å²) >= 11 is 1.96. The minimum atomic E-state index is 0.180. The Morgan fingerprint density at radius 3 is 2.91 bits per heavy atom. The second kappa shape index (κ2) is 7.53. The fourth-order valence-corrected chi connectivity index (χ4v) is 4.34. The first-order chi connectivity index (χ1) is 10.8. The zero-order valence-corrected chi connectivity index (χ0v) is 14.0. The van der Waals surface area contributed by atoms with E-state index >= 15 is 0 Å². The van der Waals surface area contributed by atoms with Crippen molar-refractivity contribution in [3.05, 3.63) is 23.5 Å². The molecule has 0 aliphatic carbocycles. The van der Waals surface area contributed by atoms with Crippen LogP contribution in [0.3, 0.4) is 0 Å². The highest BCUT2D eigenvalue weighted by Gasteiger charge is 2.29. The Kier molecular flexibility index (Phi) is 5.44. The highest BCUT2D eigenvalue weighted by Crippen LogP contribution is 2.24. The summed E-state index contributed by atoms with van der Waals surface area (Å²) < 4.78 is 5.40. The Hall–Kier alpha value is -0.980. The minimum Gasteiger partial charge on any atom is -0.379 e. The van der Waals surface area contributed by atoms with Crippen LogP contribution in [0.25, 0.3) is 0 Å². The van der Waals surface area contributed by atoms with E-state index in [0.717, 1.165) is 68.4 Å². The van der Waals surface area contributed by atoms with E-state index in [1.807, 2.05) is 31.1 Å². The normalized spacial score (nSPS) is 22.9. The highest BCUT2D eigenvalue weighted by atomic mass is 32.2. The lowest BCUT2D eigenvalue weighted by Crippen LogP contribution is -2.47. The molecule has 6 heteroatoms. The van der Waals surface area contributed by atoms with Crippen LogP contribution in [0.1, 0.15) is 22.3 Å². The van der Waals surface area contributed by atoms with Crippen LogP contribution < -0.4 is 0 Å². The van der Waals surface area contributed by atoms with Crippen LogP contribution in [0.2, 0.25) is 0 Å². The lowest BCUT2D eigenvalue weighted by atomic mass is 10.1. The van der Waals surface area contributed by atoms with Gasteiger partial charge in [0.25, 0.3) is 5.91 Å².